The molecule has 0 aliphatic carbocycles. The Bertz CT molecular complexity index is 760. The molecule has 3 rings (SSSR count). The second-order valence-corrected chi connectivity index (χ2v) is 6.27. The lowest BCUT2D eigenvalue weighted by Crippen LogP contribution is -2.57. The van der Waals surface area contributed by atoms with E-state index in [-0.39, 0.29) is 6.61 Å². The van der Waals surface area contributed by atoms with Crippen LogP contribution in [0.4, 0.5) is 4.32 Å². The number of nitrogens with two attached hydrogens (primary N) is 1. The number of halogens is 1. The number of hydrogen-bond acceptors (Lipinski definition) is 2. The summed E-state index contributed by atoms with van der Waals surface area (Å²) in [4.78, 5) is 0. The number of aryl methyl sites for hydroxylation is 2. The van der Waals surface area contributed by atoms with E-state index < -0.39 is 6.90 Å². The lowest BCUT2D eigenvalue weighted by Gasteiger charge is -2.38. The Labute approximate surface area is 130 Å². The molecule has 0 amide bonds. The normalized spacial score (nSPS) is 23.9. The van der Waals surface area contributed by atoms with Gasteiger partial charge >= 0.3 is 6.90 Å². The molecule has 1 aromatic rings. The van der Waals surface area contributed by atoms with Crippen molar-refractivity contribution in [2.45, 2.75) is 34.6 Å². The van der Waals surface area contributed by atoms with Crippen LogP contribution >= 0.6 is 0 Å². The summed E-state index contributed by atoms with van der Waals surface area (Å²) in [5.74, 6) is 0. The predicted octanol–water partition coefficient (Wildman–Crippen LogP) is 2.51. The first-order valence-corrected chi connectivity index (χ1v) is 7.72. The molecule has 6 heteroatoms. The van der Waals surface area contributed by atoms with E-state index in [4.69, 9.17) is 10.4 Å². The quantitative estimate of drug-likeness (QED) is 0.872. The Hall–Kier alpha value is -1.66. The fourth-order valence-electron chi connectivity index (χ4n) is 4.00. The predicted molar refractivity (Wildman–Crippen MR) is 88.5 cm³/mol. The summed E-state index contributed by atoms with van der Waals surface area (Å²) < 4.78 is 25.3. The molecule has 0 spiro atoms. The second-order valence-electron chi connectivity index (χ2n) is 6.27. The van der Waals surface area contributed by atoms with E-state index >= 15 is 4.32 Å². The molecule has 2 aliphatic heterocycles. The third-order valence-electron chi connectivity index (χ3n) is 4.63. The smallest absolute Gasteiger partial charge is 0.479 e. The van der Waals surface area contributed by atoms with Crippen LogP contribution in [0.25, 0.3) is 5.57 Å². The maximum Gasteiger partial charge on any atom is 0.701 e. The fourth-order valence-corrected chi connectivity index (χ4v) is 4.00. The average Bonchev–Trinajstić information content (AvgIpc) is 2.91. The van der Waals surface area contributed by atoms with Crippen LogP contribution in [0.1, 0.15) is 37.7 Å². The van der Waals surface area contributed by atoms with Gasteiger partial charge in [0.1, 0.15) is 5.71 Å². The standard InChI is InChI=1S/C16H23BFN3O/c1-10-8-12(3)20-15(10)14(5)16-11(2)9-13(4)21(16)17(20,18)22-7-6-19/h8-9H,6-7,19H2,1-5H3. The van der Waals surface area contributed by atoms with Crippen molar-refractivity contribution in [3.05, 3.63) is 40.4 Å². The molecule has 4 nitrogen and oxygen atoms in total. The Morgan fingerprint density at radius 2 is 1.95 bits per heavy atom. The van der Waals surface area contributed by atoms with Gasteiger partial charge in [-0.25, -0.2) is 0 Å². The zero-order valence-corrected chi connectivity index (χ0v) is 13.9. The molecule has 22 heavy (non-hydrogen) atoms. The second kappa shape index (κ2) is 4.93. The molecule has 1 atom stereocenters. The Morgan fingerprint density at radius 3 is 2.59 bits per heavy atom. The average molecular weight is 303 g/mol. The molecule has 0 saturated heterocycles. The SMILES string of the molecule is CC1=CC(C)=[N+]2C1=C(C)c1c(C)cc(C)n1[B-]2(F)OCCN. The van der Waals surface area contributed by atoms with Gasteiger partial charge in [-0.05, 0) is 45.0 Å². The van der Waals surface area contributed by atoms with Gasteiger partial charge in [0.25, 0.3) is 0 Å². The highest BCUT2D eigenvalue weighted by atomic mass is 19.1. The Kier molecular flexibility index (Phi) is 3.42. The molecule has 0 saturated carbocycles. The van der Waals surface area contributed by atoms with E-state index in [0.717, 1.165) is 39.5 Å². The first-order valence-electron chi connectivity index (χ1n) is 7.72. The molecule has 0 radical (unpaired) electrons. The Balaban J connectivity index is 2.35. The third kappa shape index (κ3) is 1.80. The molecule has 0 fully saturated rings. The highest BCUT2D eigenvalue weighted by Gasteiger charge is 2.54. The Morgan fingerprint density at radius 1 is 1.27 bits per heavy atom. The van der Waals surface area contributed by atoms with E-state index in [0.29, 0.717) is 6.54 Å². The largest absolute Gasteiger partial charge is 0.701 e. The summed E-state index contributed by atoms with van der Waals surface area (Å²) >= 11 is 0. The van der Waals surface area contributed by atoms with Gasteiger partial charge in [0, 0.05) is 43.0 Å². The van der Waals surface area contributed by atoms with Crippen LogP contribution < -0.4 is 5.73 Å². The van der Waals surface area contributed by atoms with Gasteiger partial charge in [0.05, 0.1) is 0 Å². The van der Waals surface area contributed by atoms with Crippen LogP contribution in [0.2, 0.25) is 0 Å². The van der Waals surface area contributed by atoms with Gasteiger partial charge in [0.15, 0.2) is 5.70 Å². The molecule has 2 aliphatic rings. The van der Waals surface area contributed by atoms with Crippen molar-refractivity contribution < 1.29 is 13.5 Å². The van der Waals surface area contributed by atoms with Crippen LogP contribution in [0.5, 0.6) is 0 Å². The third-order valence-corrected chi connectivity index (χ3v) is 4.63. The minimum absolute atomic E-state index is 0.182. The van der Waals surface area contributed by atoms with Crippen molar-refractivity contribution in [2.75, 3.05) is 13.2 Å². The fraction of sp³-hybridized carbons (Fsp3) is 0.438. The lowest BCUT2D eigenvalue weighted by molar-refractivity contribution is -0.374. The van der Waals surface area contributed by atoms with Crippen LogP contribution in [0.15, 0.2) is 23.4 Å². The highest BCUT2D eigenvalue weighted by Crippen LogP contribution is 2.40. The molecule has 0 aromatic carbocycles. The number of allylic oxidation sites excluding steroid dienone is 3. The van der Waals surface area contributed by atoms with Crippen LogP contribution in [0.3, 0.4) is 0 Å². The van der Waals surface area contributed by atoms with E-state index in [9.17, 15) is 0 Å². The monoisotopic (exact) mass is 303 g/mol. The van der Waals surface area contributed by atoms with Crippen molar-refractivity contribution in [1.82, 2.24) is 4.48 Å². The zero-order chi connectivity index (χ0) is 16.2. The first-order chi connectivity index (χ1) is 10.3. The van der Waals surface area contributed by atoms with Crippen LogP contribution in [-0.2, 0) is 4.65 Å². The summed E-state index contributed by atoms with van der Waals surface area (Å²) in [5.41, 5.74) is 12.3. The number of hydrogen-bond donors (Lipinski definition) is 1. The summed E-state index contributed by atoms with van der Waals surface area (Å²) in [6, 6.07) is 2.01. The zero-order valence-electron chi connectivity index (χ0n) is 13.9. The molecular formula is C16H23BFN3O. The van der Waals surface area contributed by atoms with Gasteiger partial charge in [-0.2, -0.15) is 0 Å². The van der Waals surface area contributed by atoms with Crippen molar-refractivity contribution in [3.8, 4) is 0 Å². The van der Waals surface area contributed by atoms with Crippen molar-refractivity contribution in [1.29, 1.82) is 0 Å². The van der Waals surface area contributed by atoms with E-state index in [1.165, 1.54) is 0 Å². The van der Waals surface area contributed by atoms with Crippen molar-refractivity contribution >= 4 is 18.2 Å². The van der Waals surface area contributed by atoms with Crippen molar-refractivity contribution in [2.24, 2.45) is 5.73 Å². The molecule has 2 N–H and O–H groups in total. The van der Waals surface area contributed by atoms with Crippen LogP contribution in [-0.4, -0.2) is 34.7 Å². The van der Waals surface area contributed by atoms with Gasteiger partial charge in [-0.1, -0.05) is 0 Å². The van der Waals surface area contributed by atoms with E-state index in [1.54, 1.807) is 8.96 Å². The van der Waals surface area contributed by atoms with Crippen molar-refractivity contribution in [3.63, 3.8) is 0 Å². The van der Waals surface area contributed by atoms with E-state index in [1.807, 2.05) is 39.8 Å². The molecule has 1 aromatic heterocycles. The summed E-state index contributed by atoms with van der Waals surface area (Å²) in [5, 5.41) is 0. The van der Waals surface area contributed by atoms with Crippen LogP contribution in [0, 0.1) is 13.8 Å². The minimum Gasteiger partial charge on any atom is -0.479 e. The maximum absolute atomic E-state index is 16.2. The minimum atomic E-state index is -2.87. The number of rotatable bonds is 3. The number of fused-ring (bicyclic) bond motifs is 2. The topological polar surface area (TPSA) is 43.2 Å². The summed E-state index contributed by atoms with van der Waals surface area (Å²) in [7, 11) is 0. The maximum atomic E-state index is 16.2. The van der Waals surface area contributed by atoms with Gasteiger partial charge in [-0.15, -0.1) is 0 Å². The lowest BCUT2D eigenvalue weighted by atomic mass is 9.83. The molecular weight excluding hydrogens is 280 g/mol. The van der Waals surface area contributed by atoms with Gasteiger partial charge in [-0.3, -0.25) is 0 Å². The first kappa shape index (κ1) is 15.2. The van der Waals surface area contributed by atoms with E-state index in [2.05, 4.69) is 6.92 Å². The summed E-state index contributed by atoms with van der Waals surface area (Å²) in [6.45, 7) is 7.52. The van der Waals surface area contributed by atoms with Gasteiger partial charge in [0.2, 0.25) is 0 Å². The molecule has 118 valence electrons. The molecule has 1 unspecified atom stereocenters. The number of aromatic nitrogens is 1. The van der Waals surface area contributed by atoms with Gasteiger partial charge < -0.3 is 23.7 Å². The molecule has 0 bridgehead atoms. The number of nitrogens with zero attached hydrogens (tertiary/aromatic N) is 2. The highest BCUT2D eigenvalue weighted by molar-refractivity contribution is 6.59. The summed E-state index contributed by atoms with van der Waals surface area (Å²) in [6.07, 6.45) is 2.01. The molecule has 3 heterocycles.